The highest BCUT2D eigenvalue weighted by molar-refractivity contribution is 9.08. The van der Waals surface area contributed by atoms with Gasteiger partial charge in [-0.25, -0.2) is 9.18 Å². The topological polar surface area (TPSA) is 29.5 Å². The second-order valence-corrected chi connectivity index (χ2v) is 5.38. The number of fused-ring (bicyclic) bond motifs is 2. The van der Waals surface area contributed by atoms with E-state index in [1.54, 1.807) is 0 Å². The van der Waals surface area contributed by atoms with Crippen molar-refractivity contribution in [3.63, 3.8) is 0 Å². The first-order chi connectivity index (χ1) is 10.5. The van der Waals surface area contributed by atoms with Gasteiger partial charge in [0, 0.05) is 24.9 Å². The van der Waals surface area contributed by atoms with E-state index in [9.17, 15) is 13.6 Å². The van der Waals surface area contributed by atoms with Crippen LogP contribution in [0.25, 0.3) is 0 Å². The fraction of sp³-hybridized carbons (Fsp3) is 0.438. The first-order valence-electron chi connectivity index (χ1n) is 6.93. The maximum atomic E-state index is 14.7. The highest BCUT2D eigenvalue weighted by Crippen LogP contribution is 2.39. The molecule has 0 radical (unpaired) electrons. The van der Waals surface area contributed by atoms with Crippen molar-refractivity contribution >= 4 is 21.9 Å². The highest BCUT2D eigenvalue weighted by Gasteiger charge is 2.47. The monoisotopic (exact) mass is 373 g/mol. The van der Waals surface area contributed by atoms with E-state index in [1.165, 1.54) is 18.2 Å². The maximum absolute atomic E-state index is 14.7. The first kappa shape index (κ1) is 17.1. The zero-order chi connectivity index (χ0) is 16.3. The highest BCUT2D eigenvalue weighted by atomic mass is 79.9. The molecule has 120 valence electrons. The van der Waals surface area contributed by atoms with Gasteiger partial charge in [0.2, 0.25) is 0 Å². The molecular formula is C16H18BrF2NO2. The predicted molar refractivity (Wildman–Crippen MR) is 84.2 cm³/mol. The van der Waals surface area contributed by atoms with Crippen LogP contribution in [0.15, 0.2) is 36.4 Å². The van der Waals surface area contributed by atoms with Crippen molar-refractivity contribution in [1.29, 1.82) is 0 Å². The quantitative estimate of drug-likeness (QED) is 0.449. The van der Waals surface area contributed by atoms with E-state index >= 15 is 0 Å². The number of ether oxygens (including phenoxy) is 1. The zero-order valence-corrected chi connectivity index (χ0v) is 14.0. The summed E-state index contributed by atoms with van der Waals surface area (Å²) in [6.07, 6.45) is 4.08. The van der Waals surface area contributed by atoms with Crippen LogP contribution in [0.3, 0.4) is 0 Å². The maximum Gasteiger partial charge on any atom is 0.340 e. The average molecular weight is 374 g/mol. The molecule has 0 aromatic heterocycles. The Morgan fingerprint density at radius 3 is 2.45 bits per heavy atom. The SMILES string of the molecule is CBr.CN1C2C=CC1CC(F)(OC(=O)c1cccc(F)c1)C2. The van der Waals surface area contributed by atoms with Crippen LogP contribution in [0.4, 0.5) is 8.78 Å². The van der Waals surface area contributed by atoms with Gasteiger partial charge >= 0.3 is 5.97 Å². The molecule has 3 nitrogen and oxygen atoms in total. The number of piperidine rings is 1. The van der Waals surface area contributed by atoms with E-state index in [0.29, 0.717) is 0 Å². The standard InChI is InChI=1S/C15H15F2NO2.CH3Br/c1-18-12-5-6-13(18)9-15(17,8-12)20-14(19)10-3-2-4-11(16)7-10;1-2/h2-7,12-13H,8-9H2,1H3;1H3. The van der Waals surface area contributed by atoms with Gasteiger partial charge in [-0.2, -0.15) is 4.39 Å². The number of hydrogen-bond donors (Lipinski definition) is 0. The van der Waals surface area contributed by atoms with Crippen molar-refractivity contribution in [2.24, 2.45) is 0 Å². The lowest BCUT2D eigenvalue weighted by Crippen LogP contribution is -2.49. The van der Waals surface area contributed by atoms with Gasteiger partial charge in [0.1, 0.15) is 5.82 Å². The van der Waals surface area contributed by atoms with Crippen LogP contribution >= 0.6 is 15.9 Å². The minimum atomic E-state index is -1.99. The molecule has 1 fully saturated rings. The third-order valence-corrected chi connectivity index (χ3v) is 3.97. The van der Waals surface area contributed by atoms with E-state index in [4.69, 9.17) is 4.74 Å². The lowest BCUT2D eigenvalue weighted by Gasteiger charge is -2.39. The van der Waals surface area contributed by atoms with Gasteiger partial charge in [-0.05, 0) is 31.1 Å². The smallest absolute Gasteiger partial charge is 0.340 e. The largest absolute Gasteiger partial charge is 0.425 e. The molecule has 3 rings (SSSR count). The summed E-state index contributed by atoms with van der Waals surface area (Å²) in [5.41, 5.74) is 0.0289. The normalized spacial score (nSPS) is 29.7. The van der Waals surface area contributed by atoms with Crippen LogP contribution in [0, 0.1) is 5.82 Å². The summed E-state index contributed by atoms with van der Waals surface area (Å²) in [7, 11) is 1.92. The van der Waals surface area contributed by atoms with Crippen molar-refractivity contribution in [3.05, 3.63) is 47.8 Å². The van der Waals surface area contributed by atoms with Crippen LogP contribution in [0.2, 0.25) is 0 Å². The summed E-state index contributed by atoms with van der Waals surface area (Å²) >= 11 is 2.94. The molecule has 2 aliphatic heterocycles. The van der Waals surface area contributed by atoms with Gasteiger partial charge in [-0.1, -0.05) is 34.1 Å². The third-order valence-electron chi connectivity index (χ3n) is 3.97. The Hall–Kier alpha value is -1.27. The Labute approximate surface area is 137 Å². The summed E-state index contributed by atoms with van der Waals surface area (Å²) in [6, 6.07) is 4.97. The van der Waals surface area contributed by atoms with Crippen LogP contribution in [-0.4, -0.2) is 41.7 Å². The summed E-state index contributed by atoms with van der Waals surface area (Å²) in [5.74, 6) is -1.55. The van der Waals surface area contributed by atoms with Gasteiger partial charge in [0.25, 0.3) is 5.85 Å². The summed E-state index contributed by atoms with van der Waals surface area (Å²) in [5, 5.41) is 0. The van der Waals surface area contributed by atoms with Crippen molar-refractivity contribution in [2.75, 3.05) is 12.9 Å². The first-order valence-corrected chi connectivity index (χ1v) is 8.51. The van der Waals surface area contributed by atoms with Gasteiger partial charge in [0.15, 0.2) is 0 Å². The minimum Gasteiger partial charge on any atom is -0.425 e. The molecule has 0 saturated carbocycles. The van der Waals surface area contributed by atoms with Gasteiger partial charge in [0.05, 0.1) is 5.56 Å². The molecule has 2 unspecified atom stereocenters. The molecule has 0 aliphatic carbocycles. The van der Waals surface area contributed by atoms with E-state index in [2.05, 4.69) is 15.9 Å². The van der Waals surface area contributed by atoms with Gasteiger partial charge in [-0.15, -0.1) is 0 Å². The fourth-order valence-electron chi connectivity index (χ4n) is 2.83. The number of esters is 1. The molecule has 22 heavy (non-hydrogen) atoms. The number of halogens is 3. The number of alkyl halides is 2. The molecule has 2 heterocycles. The molecule has 1 aromatic rings. The lowest BCUT2D eigenvalue weighted by molar-refractivity contribution is -0.146. The molecule has 1 saturated heterocycles. The zero-order valence-electron chi connectivity index (χ0n) is 12.4. The fourth-order valence-corrected chi connectivity index (χ4v) is 2.83. The molecule has 6 heteroatoms. The average Bonchev–Trinajstić information content (AvgIpc) is 2.72. The molecular weight excluding hydrogens is 356 g/mol. The van der Waals surface area contributed by atoms with Crippen molar-refractivity contribution in [3.8, 4) is 0 Å². The molecule has 0 spiro atoms. The number of carbonyl (C=O) groups excluding carboxylic acids is 1. The Morgan fingerprint density at radius 1 is 1.32 bits per heavy atom. The van der Waals surface area contributed by atoms with E-state index in [1.807, 2.05) is 29.9 Å². The molecule has 1 aromatic carbocycles. The minimum absolute atomic E-state index is 0.0289. The third kappa shape index (κ3) is 3.55. The Kier molecular flexibility index (Phi) is 5.34. The summed E-state index contributed by atoms with van der Waals surface area (Å²) < 4.78 is 32.8. The lowest BCUT2D eigenvalue weighted by atomic mass is 9.97. The van der Waals surface area contributed by atoms with Crippen LogP contribution in [0.5, 0.6) is 0 Å². The Morgan fingerprint density at radius 2 is 1.91 bits per heavy atom. The van der Waals surface area contributed by atoms with E-state index in [0.717, 1.165) is 6.07 Å². The van der Waals surface area contributed by atoms with E-state index in [-0.39, 0.29) is 30.5 Å². The van der Waals surface area contributed by atoms with Crippen LogP contribution in [-0.2, 0) is 4.74 Å². The van der Waals surface area contributed by atoms with Crippen LogP contribution < -0.4 is 0 Å². The number of nitrogens with zero attached hydrogens (tertiary/aromatic N) is 1. The predicted octanol–water partition coefficient (Wildman–Crippen LogP) is 3.69. The van der Waals surface area contributed by atoms with E-state index < -0.39 is 17.6 Å². The molecule has 2 aliphatic rings. The molecule has 0 amide bonds. The summed E-state index contributed by atoms with van der Waals surface area (Å²) in [6.45, 7) is 0. The Balaban J connectivity index is 0.000000847. The van der Waals surface area contributed by atoms with Gasteiger partial charge < -0.3 is 4.74 Å². The summed E-state index contributed by atoms with van der Waals surface area (Å²) in [4.78, 5) is 14.0. The van der Waals surface area contributed by atoms with Crippen LogP contribution in [0.1, 0.15) is 23.2 Å². The Bertz CT molecular complexity index is 563. The number of likely N-dealkylation sites (N-methyl/N-ethyl adjacent to an activating group) is 1. The van der Waals surface area contributed by atoms with Crippen molar-refractivity contribution in [1.82, 2.24) is 4.90 Å². The van der Waals surface area contributed by atoms with Crippen molar-refractivity contribution < 1.29 is 18.3 Å². The molecule has 0 N–H and O–H groups in total. The van der Waals surface area contributed by atoms with Crippen molar-refractivity contribution in [2.45, 2.75) is 30.8 Å². The second-order valence-electron chi connectivity index (χ2n) is 5.38. The number of benzene rings is 1. The van der Waals surface area contributed by atoms with Gasteiger partial charge in [-0.3, -0.25) is 4.90 Å². The number of rotatable bonds is 2. The molecule has 2 atom stereocenters. The second kappa shape index (κ2) is 6.87. The molecule has 2 bridgehead atoms. The number of carbonyl (C=O) groups is 1. The number of hydrogen-bond acceptors (Lipinski definition) is 3.